The molecule has 0 spiro atoms. The van der Waals surface area contributed by atoms with Gasteiger partial charge in [0, 0.05) is 45.4 Å². The van der Waals surface area contributed by atoms with E-state index in [0.717, 1.165) is 39.3 Å². The summed E-state index contributed by atoms with van der Waals surface area (Å²) in [6, 6.07) is 49.4. The Balaban J connectivity index is 1.63. The molecule has 0 aliphatic heterocycles. The topological polar surface area (TPSA) is 22.8 Å². The summed E-state index contributed by atoms with van der Waals surface area (Å²) in [6.07, 6.45) is 4.01. The van der Waals surface area contributed by atoms with Crippen molar-refractivity contribution in [2.24, 2.45) is 0 Å². The lowest BCUT2D eigenvalue weighted by molar-refractivity contribution is 1.06. The largest absolute Gasteiger partial charge is 0.295 e. The molecule has 40 heavy (non-hydrogen) atoms. The van der Waals surface area contributed by atoms with E-state index < -0.39 is 0 Å². The van der Waals surface area contributed by atoms with Gasteiger partial charge in [0.1, 0.15) is 5.65 Å². The minimum atomic E-state index is 1.09. The number of nitrogens with zero attached hydrogens (tertiary/aromatic N) is 3. The van der Waals surface area contributed by atoms with Gasteiger partial charge in [-0.2, -0.15) is 0 Å². The summed E-state index contributed by atoms with van der Waals surface area (Å²) in [6.45, 7) is 0. The molecular formula is C37H25N3. The highest BCUT2D eigenvalue weighted by atomic mass is 15.1. The van der Waals surface area contributed by atoms with E-state index in [2.05, 4.69) is 149 Å². The van der Waals surface area contributed by atoms with Crippen molar-refractivity contribution in [3.8, 4) is 33.6 Å². The predicted molar refractivity (Wildman–Crippen MR) is 166 cm³/mol. The normalized spacial score (nSPS) is 11.5. The Morgan fingerprint density at radius 3 is 1.43 bits per heavy atom. The van der Waals surface area contributed by atoms with Gasteiger partial charge in [0.25, 0.3) is 0 Å². The molecule has 0 fully saturated rings. The molecule has 0 N–H and O–H groups in total. The molecule has 0 aliphatic carbocycles. The molecule has 0 radical (unpaired) electrons. The Kier molecular flexibility index (Phi) is 5.14. The van der Waals surface area contributed by atoms with Crippen LogP contribution >= 0.6 is 0 Å². The predicted octanol–water partition coefficient (Wildman–Crippen LogP) is 9.46. The number of hydrogen-bond acceptors (Lipinski definition) is 1. The van der Waals surface area contributed by atoms with E-state index in [4.69, 9.17) is 4.98 Å². The molecular weight excluding hydrogens is 486 g/mol. The van der Waals surface area contributed by atoms with E-state index in [0.29, 0.717) is 0 Å². The first kappa shape index (κ1) is 22.6. The molecule has 0 saturated heterocycles. The maximum absolute atomic E-state index is 4.77. The molecule has 8 rings (SSSR count). The highest BCUT2D eigenvalue weighted by Crippen LogP contribution is 2.44. The van der Waals surface area contributed by atoms with Crippen molar-refractivity contribution in [1.29, 1.82) is 0 Å². The first-order valence-electron chi connectivity index (χ1n) is 13.6. The van der Waals surface area contributed by atoms with Crippen LogP contribution in [0.4, 0.5) is 0 Å². The van der Waals surface area contributed by atoms with Gasteiger partial charge in [-0.3, -0.25) is 14.1 Å². The molecule has 0 atom stereocenters. The lowest BCUT2D eigenvalue weighted by Gasteiger charge is -2.19. The second kappa shape index (κ2) is 9.11. The lowest BCUT2D eigenvalue weighted by Crippen LogP contribution is -2.05. The number of pyridine rings is 1. The van der Waals surface area contributed by atoms with Crippen molar-refractivity contribution in [1.82, 2.24) is 14.1 Å². The van der Waals surface area contributed by atoms with Crippen molar-refractivity contribution < 1.29 is 0 Å². The highest BCUT2D eigenvalue weighted by Gasteiger charge is 2.25. The summed E-state index contributed by atoms with van der Waals surface area (Å²) >= 11 is 0. The first-order valence-corrected chi connectivity index (χ1v) is 13.6. The molecule has 0 saturated carbocycles. The molecule has 0 amide bonds. The van der Waals surface area contributed by atoms with Crippen molar-refractivity contribution in [2.75, 3.05) is 0 Å². The average Bonchev–Trinajstić information content (AvgIpc) is 3.54. The van der Waals surface area contributed by atoms with E-state index in [1.165, 1.54) is 27.2 Å². The van der Waals surface area contributed by atoms with Crippen LogP contribution in [0.2, 0.25) is 0 Å². The van der Waals surface area contributed by atoms with Crippen LogP contribution in [0, 0.1) is 0 Å². The summed E-state index contributed by atoms with van der Waals surface area (Å²) in [5.41, 5.74) is 10.2. The number of para-hydroxylation sites is 3. The number of aromatic nitrogens is 3. The van der Waals surface area contributed by atoms with Crippen LogP contribution in [-0.4, -0.2) is 14.1 Å². The smallest absolute Gasteiger partial charge is 0.131 e. The second-order valence-corrected chi connectivity index (χ2v) is 10.1. The van der Waals surface area contributed by atoms with Gasteiger partial charge < -0.3 is 0 Å². The first-order chi connectivity index (χ1) is 19.9. The minimum absolute atomic E-state index is 1.09. The summed E-state index contributed by atoms with van der Waals surface area (Å²) in [5.74, 6) is 0. The number of benzene rings is 5. The third kappa shape index (κ3) is 3.35. The van der Waals surface area contributed by atoms with Crippen LogP contribution in [0.3, 0.4) is 0 Å². The van der Waals surface area contributed by atoms with Gasteiger partial charge in [-0.15, -0.1) is 0 Å². The lowest BCUT2D eigenvalue weighted by atomic mass is 9.98. The van der Waals surface area contributed by atoms with E-state index in [9.17, 15) is 0 Å². The maximum Gasteiger partial charge on any atom is 0.131 e. The van der Waals surface area contributed by atoms with Crippen LogP contribution < -0.4 is 0 Å². The minimum Gasteiger partial charge on any atom is -0.295 e. The average molecular weight is 512 g/mol. The van der Waals surface area contributed by atoms with Crippen molar-refractivity contribution in [3.63, 3.8) is 0 Å². The molecule has 5 aromatic carbocycles. The van der Waals surface area contributed by atoms with Crippen LogP contribution in [0.25, 0.3) is 66.5 Å². The van der Waals surface area contributed by atoms with E-state index in [1.54, 1.807) is 0 Å². The molecule has 0 aliphatic rings. The van der Waals surface area contributed by atoms with Gasteiger partial charge in [-0.05, 0) is 35.4 Å². The maximum atomic E-state index is 4.77. The van der Waals surface area contributed by atoms with E-state index >= 15 is 0 Å². The zero-order valence-electron chi connectivity index (χ0n) is 21.8. The molecule has 3 heterocycles. The third-order valence-corrected chi connectivity index (χ3v) is 7.80. The Labute approximate surface area is 232 Å². The zero-order chi connectivity index (χ0) is 26.5. The molecule has 3 aromatic heterocycles. The standard InChI is InChI=1S/C37H25N3/c1-4-14-26(15-5-1)31-24-38-25-32(27-16-6-2-7-17-27)36(31)40-34-23-13-11-21-30(34)35-29-20-10-12-22-33(29)39(37(35)40)28-18-8-3-9-19-28/h1-25H. The fourth-order valence-corrected chi connectivity index (χ4v) is 6.12. The van der Waals surface area contributed by atoms with Gasteiger partial charge >= 0.3 is 0 Å². The van der Waals surface area contributed by atoms with Gasteiger partial charge in [0.05, 0.1) is 16.7 Å². The van der Waals surface area contributed by atoms with Crippen LogP contribution in [-0.2, 0) is 0 Å². The van der Waals surface area contributed by atoms with E-state index in [1.807, 2.05) is 12.4 Å². The number of rotatable bonds is 4. The molecule has 188 valence electrons. The van der Waals surface area contributed by atoms with Gasteiger partial charge in [-0.1, -0.05) is 115 Å². The van der Waals surface area contributed by atoms with Crippen molar-refractivity contribution in [2.45, 2.75) is 0 Å². The van der Waals surface area contributed by atoms with Crippen molar-refractivity contribution >= 4 is 32.8 Å². The van der Waals surface area contributed by atoms with Gasteiger partial charge in [0.15, 0.2) is 0 Å². The SMILES string of the molecule is c1ccc(-c2cncc(-c3ccccc3)c2-n2c3ccccc3c3c4ccccc4n(-c4ccccc4)c32)cc1. The van der Waals surface area contributed by atoms with Crippen LogP contribution in [0.5, 0.6) is 0 Å². The monoisotopic (exact) mass is 511 g/mol. The quantitative estimate of drug-likeness (QED) is 0.231. The molecule has 3 heteroatoms. The molecule has 0 bridgehead atoms. The van der Waals surface area contributed by atoms with Crippen LogP contribution in [0.1, 0.15) is 0 Å². The van der Waals surface area contributed by atoms with Crippen LogP contribution in [0.15, 0.2) is 152 Å². The molecule has 3 nitrogen and oxygen atoms in total. The zero-order valence-corrected chi connectivity index (χ0v) is 21.8. The molecule has 8 aromatic rings. The fourth-order valence-electron chi connectivity index (χ4n) is 6.12. The Morgan fingerprint density at radius 2 is 0.875 bits per heavy atom. The van der Waals surface area contributed by atoms with E-state index in [-0.39, 0.29) is 0 Å². The van der Waals surface area contributed by atoms with Gasteiger partial charge in [0.2, 0.25) is 0 Å². The summed E-state index contributed by atoms with van der Waals surface area (Å²) < 4.78 is 4.87. The Morgan fingerprint density at radius 1 is 0.425 bits per heavy atom. The summed E-state index contributed by atoms with van der Waals surface area (Å²) in [5, 5.41) is 3.73. The Hall–Kier alpha value is -5.41. The number of hydrogen-bond donors (Lipinski definition) is 0. The van der Waals surface area contributed by atoms with Crippen molar-refractivity contribution in [3.05, 3.63) is 152 Å². The van der Waals surface area contributed by atoms with Gasteiger partial charge in [-0.25, -0.2) is 0 Å². The fraction of sp³-hybridized carbons (Fsp3) is 0. The second-order valence-electron chi connectivity index (χ2n) is 10.1. The highest BCUT2D eigenvalue weighted by molar-refractivity contribution is 6.22. The Bertz CT molecular complexity index is 2080. The number of fused-ring (bicyclic) bond motifs is 5. The summed E-state index contributed by atoms with van der Waals surface area (Å²) in [7, 11) is 0. The molecule has 0 unspecified atom stereocenters. The third-order valence-electron chi connectivity index (χ3n) is 7.80. The summed E-state index contributed by atoms with van der Waals surface area (Å²) in [4.78, 5) is 4.77.